The maximum absolute atomic E-state index is 13.5. The van der Waals surface area contributed by atoms with Crippen molar-refractivity contribution in [2.45, 2.75) is 6.92 Å². The number of rotatable bonds is 2. The highest BCUT2D eigenvalue weighted by atomic mass is 79.9. The van der Waals surface area contributed by atoms with Crippen molar-refractivity contribution in [1.82, 2.24) is 0 Å². The van der Waals surface area contributed by atoms with Crippen LogP contribution in [0.2, 0.25) is 0 Å². The molecule has 2 aromatic carbocycles. The largest absolute Gasteiger partial charge is 0.506 e. The molecule has 0 atom stereocenters. The average molecular weight is 339 g/mol. The van der Waals surface area contributed by atoms with Crippen molar-refractivity contribution < 1.29 is 14.3 Å². The lowest BCUT2D eigenvalue weighted by molar-refractivity contribution is 0.102. The van der Waals surface area contributed by atoms with Crippen LogP contribution < -0.4 is 11.1 Å². The summed E-state index contributed by atoms with van der Waals surface area (Å²) >= 11 is 3.07. The number of carbonyl (C=O) groups excluding carboxylic acids is 1. The van der Waals surface area contributed by atoms with Crippen molar-refractivity contribution in [3.63, 3.8) is 0 Å². The molecule has 0 radical (unpaired) electrons. The molecule has 0 bridgehead atoms. The number of amides is 1. The lowest BCUT2D eigenvalue weighted by Crippen LogP contribution is -2.13. The van der Waals surface area contributed by atoms with Crippen LogP contribution in [0.15, 0.2) is 34.8 Å². The fourth-order valence-corrected chi connectivity index (χ4v) is 2.12. The molecule has 0 saturated carbocycles. The summed E-state index contributed by atoms with van der Waals surface area (Å²) in [6.45, 7) is 1.75. The van der Waals surface area contributed by atoms with Gasteiger partial charge in [0.15, 0.2) is 0 Å². The zero-order valence-electron chi connectivity index (χ0n) is 10.6. The molecule has 0 aliphatic heterocycles. The average Bonchev–Trinajstić information content (AvgIpc) is 2.39. The predicted octanol–water partition coefficient (Wildman–Crippen LogP) is 3.44. The minimum Gasteiger partial charge on any atom is -0.506 e. The third-order valence-corrected chi connectivity index (χ3v) is 3.42. The lowest BCUT2D eigenvalue weighted by atomic mass is 10.1. The van der Waals surface area contributed by atoms with Crippen molar-refractivity contribution in [1.29, 1.82) is 0 Å². The van der Waals surface area contributed by atoms with Crippen LogP contribution in [-0.2, 0) is 0 Å². The van der Waals surface area contributed by atoms with E-state index in [-0.39, 0.29) is 17.0 Å². The van der Waals surface area contributed by atoms with E-state index in [1.54, 1.807) is 13.0 Å². The standard InChI is InChI=1S/C14H12BrFN2O2/c1-7-4-9(15)10(16)6-12(7)18-14(20)8-2-3-11(17)13(19)5-8/h2-6,19H,17H2,1H3,(H,18,20). The van der Waals surface area contributed by atoms with Gasteiger partial charge in [-0.1, -0.05) is 0 Å². The van der Waals surface area contributed by atoms with Gasteiger partial charge in [-0.3, -0.25) is 4.79 Å². The number of halogens is 2. The SMILES string of the molecule is Cc1cc(Br)c(F)cc1NC(=O)c1ccc(N)c(O)c1. The molecule has 0 saturated heterocycles. The first kappa shape index (κ1) is 14.3. The first-order valence-corrected chi connectivity index (χ1v) is 6.53. The summed E-state index contributed by atoms with van der Waals surface area (Å²) in [5, 5.41) is 12.1. The van der Waals surface area contributed by atoms with Crippen LogP contribution >= 0.6 is 15.9 Å². The predicted molar refractivity (Wildman–Crippen MR) is 79.3 cm³/mol. The maximum Gasteiger partial charge on any atom is 0.255 e. The maximum atomic E-state index is 13.5. The summed E-state index contributed by atoms with van der Waals surface area (Å²) in [5.41, 5.74) is 6.97. The summed E-state index contributed by atoms with van der Waals surface area (Å²) in [7, 11) is 0. The monoisotopic (exact) mass is 338 g/mol. The molecule has 20 heavy (non-hydrogen) atoms. The Morgan fingerprint density at radius 3 is 2.70 bits per heavy atom. The van der Waals surface area contributed by atoms with E-state index in [1.807, 2.05) is 0 Å². The topological polar surface area (TPSA) is 75.4 Å². The van der Waals surface area contributed by atoms with E-state index in [1.165, 1.54) is 24.3 Å². The Morgan fingerprint density at radius 2 is 2.05 bits per heavy atom. The third kappa shape index (κ3) is 2.91. The summed E-state index contributed by atoms with van der Waals surface area (Å²) in [6, 6.07) is 6.98. The number of carbonyl (C=O) groups is 1. The van der Waals surface area contributed by atoms with Crippen molar-refractivity contribution in [3.05, 3.63) is 51.7 Å². The molecule has 0 unspecified atom stereocenters. The van der Waals surface area contributed by atoms with Crippen molar-refractivity contribution in [2.75, 3.05) is 11.1 Å². The molecule has 2 aromatic rings. The van der Waals surface area contributed by atoms with E-state index in [0.717, 1.165) is 0 Å². The van der Waals surface area contributed by atoms with Crippen LogP contribution in [-0.4, -0.2) is 11.0 Å². The van der Waals surface area contributed by atoms with Gasteiger partial charge < -0.3 is 16.2 Å². The molecule has 6 heteroatoms. The molecule has 0 aliphatic carbocycles. The molecule has 4 nitrogen and oxygen atoms in total. The zero-order chi connectivity index (χ0) is 14.9. The number of benzene rings is 2. The molecular formula is C14H12BrFN2O2. The number of hydrogen-bond donors (Lipinski definition) is 3. The van der Waals surface area contributed by atoms with Crippen LogP contribution in [0.4, 0.5) is 15.8 Å². The first-order valence-electron chi connectivity index (χ1n) is 5.74. The Kier molecular flexibility index (Phi) is 3.94. The number of aromatic hydroxyl groups is 1. The second-order valence-electron chi connectivity index (χ2n) is 4.31. The molecule has 2 rings (SSSR count). The number of anilines is 2. The van der Waals surface area contributed by atoms with Gasteiger partial charge >= 0.3 is 0 Å². The molecule has 0 spiro atoms. The van der Waals surface area contributed by atoms with E-state index in [2.05, 4.69) is 21.2 Å². The van der Waals surface area contributed by atoms with Crippen LogP contribution in [0.1, 0.15) is 15.9 Å². The minimum absolute atomic E-state index is 0.170. The molecule has 0 aromatic heterocycles. The van der Waals surface area contributed by atoms with E-state index >= 15 is 0 Å². The number of nitrogen functional groups attached to an aromatic ring is 1. The zero-order valence-corrected chi connectivity index (χ0v) is 12.2. The Hall–Kier alpha value is -2.08. The van der Waals surface area contributed by atoms with E-state index < -0.39 is 11.7 Å². The Bertz CT molecular complexity index is 689. The van der Waals surface area contributed by atoms with Gasteiger partial charge in [0.05, 0.1) is 10.2 Å². The van der Waals surface area contributed by atoms with Gasteiger partial charge in [-0.25, -0.2) is 4.39 Å². The van der Waals surface area contributed by atoms with Crippen LogP contribution in [0.3, 0.4) is 0 Å². The van der Waals surface area contributed by atoms with Crippen molar-refractivity contribution in [2.24, 2.45) is 0 Å². The fourth-order valence-electron chi connectivity index (χ4n) is 1.66. The molecule has 0 heterocycles. The molecule has 0 fully saturated rings. The lowest BCUT2D eigenvalue weighted by Gasteiger charge is -2.10. The van der Waals surface area contributed by atoms with Crippen LogP contribution in [0, 0.1) is 12.7 Å². The molecular weight excluding hydrogens is 327 g/mol. The fraction of sp³-hybridized carbons (Fsp3) is 0.0714. The van der Waals surface area contributed by atoms with E-state index in [9.17, 15) is 14.3 Å². The normalized spacial score (nSPS) is 10.3. The number of phenolic OH excluding ortho intramolecular Hbond substituents is 1. The molecule has 104 valence electrons. The van der Waals surface area contributed by atoms with Gasteiger partial charge in [0, 0.05) is 11.3 Å². The summed E-state index contributed by atoms with van der Waals surface area (Å²) in [4.78, 5) is 12.0. The first-order chi connectivity index (χ1) is 9.38. The van der Waals surface area contributed by atoms with Gasteiger partial charge in [0.1, 0.15) is 11.6 Å². The summed E-state index contributed by atoms with van der Waals surface area (Å²) in [6.07, 6.45) is 0. The smallest absolute Gasteiger partial charge is 0.255 e. The van der Waals surface area contributed by atoms with Gasteiger partial charge in [-0.15, -0.1) is 0 Å². The number of phenols is 1. The second kappa shape index (κ2) is 5.50. The number of hydrogen-bond acceptors (Lipinski definition) is 3. The summed E-state index contributed by atoms with van der Waals surface area (Å²) < 4.78 is 13.8. The van der Waals surface area contributed by atoms with E-state index in [0.29, 0.717) is 15.7 Å². The Balaban J connectivity index is 2.27. The number of aryl methyl sites for hydroxylation is 1. The number of nitrogens with two attached hydrogens (primary N) is 1. The van der Waals surface area contributed by atoms with Gasteiger partial charge in [-0.2, -0.15) is 0 Å². The van der Waals surface area contributed by atoms with Crippen molar-refractivity contribution in [3.8, 4) is 5.75 Å². The quantitative estimate of drug-likeness (QED) is 0.580. The Morgan fingerprint density at radius 1 is 1.35 bits per heavy atom. The third-order valence-electron chi connectivity index (χ3n) is 2.81. The minimum atomic E-state index is -0.467. The van der Waals surface area contributed by atoms with Crippen molar-refractivity contribution >= 4 is 33.2 Å². The van der Waals surface area contributed by atoms with Gasteiger partial charge in [0.25, 0.3) is 5.91 Å². The van der Waals surface area contributed by atoms with Crippen LogP contribution in [0.5, 0.6) is 5.75 Å². The molecule has 1 amide bonds. The Labute approximate surface area is 123 Å². The highest BCUT2D eigenvalue weighted by Crippen LogP contribution is 2.25. The molecule has 0 aliphatic rings. The number of nitrogens with one attached hydrogen (secondary N) is 1. The summed E-state index contributed by atoms with van der Waals surface area (Å²) in [5.74, 6) is -1.09. The van der Waals surface area contributed by atoms with Crippen LogP contribution in [0.25, 0.3) is 0 Å². The highest BCUT2D eigenvalue weighted by molar-refractivity contribution is 9.10. The van der Waals surface area contributed by atoms with Gasteiger partial charge in [-0.05, 0) is 58.7 Å². The second-order valence-corrected chi connectivity index (χ2v) is 5.16. The van der Waals surface area contributed by atoms with E-state index in [4.69, 9.17) is 5.73 Å². The molecule has 4 N–H and O–H groups in total. The van der Waals surface area contributed by atoms with Gasteiger partial charge in [0.2, 0.25) is 0 Å². The highest BCUT2D eigenvalue weighted by Gasteiger charge is 2.11.